The maximum atomic E-state index is 12.2. The van der Waals surface area contributed by atoms with E-state index in [1.165, 1.54) is 5.56 Å². The van der Waals surface area contributed by atoms with Crippen molar-refractivity contribution in [3.05, 3.63) is 52.8 Å². The van der Waals surface area contributed by atoms with Crippen LogP contribution in [0.2, 0.25) is 5.02 Å². The summed E-state index contributed by atoms with van der Waals surface area (Å²) in [6.45, 7) is 5.70. The maximum absolute atomic E-state index is 12.2. The summed E-state index contributed by atoms with van der Waals surface area (Å²) >= 11 is 6.06. The molecule has 1 aliphatic rings. The van der Waals surface area contributed by atoms with Crippen molar-refractivity contribution >= 4 is 47.4 Å². The normalized spacial score (nSPS) is 16.4. The molecule has 1 amide bonds. The van der Waals surface area contributed by atoms with Gasteiger partial charge in [-0.2, -0.15) is 5.10 Å². The Hall–Kier alpha value is -1.81. The molecule has 1 saturated heterocycles. The fraction of sp³-hybridized carbons (Fsp3) is 0.450. The molecule has 0 aliphatic carbocycles. The number of amides is 1. The number of carbonyl (C=O) groups is 1. The van der Waals surface area contributed by atoms with Crippen molar-refractivity contribution < 1.29 is 4.79 Å². The molecule has 29 heavy (non-hydrogen) atoms. The summed E-state index contributed by atoms with van der Waals surface area (Å²) in [7, 11) is 1.94. The fourth-order valence-corrected chi connectivity index (χ4v) is 3.59. The second kappa shape index (κ2) is 11.4. The third-order valence-corrected chi connectivity index (χ3v) is 5.13. The molecule has 1 unspecified atom stereocenters. The standard InChI is InChI=1S/C20H27ClN6O.HI/c1-3-22-20(27-11-8-15(14-27)16-12-25-26(2)13-16)24-10-9-23-19(28)17-6-4-5-7-18(17)21;/h4-7,12-13,15H,3,8-11,14H2,1-2H3,(H,22,24)(H,23,28);1H. The first-order valence-electron chi connectivity index (χ1n) is 9.63. The van der Waals surface area contributed by atoms with Crippen LogP contribution in [0.1, 0.15) is 35.2 Å². The Bertz CT molecular complexity index is 840. The van der Waals surface area contributed by atoms with E-state index < -0.39 is 0 Å². The van der Waals surface area contributed by atoms with E-state index in [4.69, 9.17) is 11.6 Å². The molecule has 7 nitrogen and oxygen atoms in total. The van der Waals surface area contributed by atoms with Crippen molar-refractivity contribution in [3.8, 4) is 0 Å². The van der Waals surface area contributed by atoms with Crippen molar-refractivity contribution in [3.63, 3.8) is 0 Å². The molecule has 0 radical (unpaired) electrons. The zero-order valence-electron chi connectivity index (χ0n) is 16.8. The van der Waals surface area contributed by atoms with E-state index in [0.29, 0.717) is 29.6 Å². The van der Waals surface area contributed by atoms with Crippen LogP contribution in [0, 0.1) is 0 Å². The highest BCUT2D eigenvalue weighted by molar-refractivity contribution is 14.0. The number of hydrogen-bond acceptors (Lipinski definition) is 3. The number of guanidine groups is 1. The molecule has 158 valence electrons. The van der Waals surface area contributed by atoms with Crippen LogP contribution in [-0.2, 0) is 7.05 Å². The Morgan fingerprint density at radius 1 is 1.34 bits per heavy atom. The minimum Gasteiger partial charge on any atom is -0.357 e. The van der Waals surface area contributed by atoms with Crippen LogP contribution in [-0.4, -0.2) is 59.3 Å². The quantitative estimate of drug-likeness (QED) is 0.261. The maximum Gasteiger partial charge on any atom is 0.252 e. The summed E-state index contributed by atoms with van der Waals surface area (Å²) in [5.74, 6) is 1.18. The van der Waals surface area contributed by atoms with Crippen LogP contribution in [0.5, 0.6) is 0 Å². The van der Waals surface area contributed by atoms with Gasteiger partial charge in [0, 0.05) is 45.3 Å². The highest BCUT2D eigenvalue weighted by atomic mass is 127. The van der Waals surface area contributed by atoms with Gasteiger partial charge in [-0.25, -0.2) is 0 Å². The van der Waals surface area contributed by atoms with E-state index in [0.717, 1.165) is 32.0 Å². The number of aliphatic imine (C=N–C) groups is 1. The molecule has 0 bridgehead atoms. The summed E-state index contributed by atoms with van der Waals surface area (Å²) in [5, 5.41) is 11.0. The van der Waals surface area contributed by atoms with Crippen LogP contribution in [0.15, 0.2) is 41.7 Å². The number of aryl methyl sites for hydroxylation is 1. The van der Waals surface area contributed by atoms with Gasteiger partial charge in [-0.3, -0.25) is 14.5 Å². The molecular formula is C20H28ClIN6O. The van der Waals surface area contributed by atoms with E-state index in [9.17, 15) is 4.79 Å². The van der Waals surface area contributed by atoms with Crippen molar-refractivity contribution in [2.75, 3.05) is 32.7 Å². The molecule has 1 aliphatic heterocycles. The Labute approximate surface area is 193 Å². The van der Waals surface area contributed by atoms with Crippen molar-refractivity contribution in [2.45, 2.75) is 19.3 Å². The zero-order valence-corrected chi connectivity index (χ0v) is 19.9. The number of likely N-dealkylation sites (tertiary alicyclic amines) is 1. The van der Waals surface area contributed by atoms with Gasteiger partial charge in [-0.1, -0.05) is 23.7 Å². The summed E-state index contributed by atoms with van der Waals surface area (Å²) in [6.07, 6.45) is 5.12. The van der Waals surface area contributed by atoms with Crippen molar-refractivity contribution in [1.29, 1.82) is 0 Å². The highest BCUT2D eigenvalue weighted by Gasteiger charge is 2.26. The lowest BCUT2D eigenvalue weighted by molar-refractivity contribution is 0.0955. The molecule has 2 N–H and O–H groups in total. The first-order chi connectivity index (χ1) is 13.6. The molecule has 1 aromatic carbocycles. The molecule has 2 heterocycles. The van der Waals surface area contributed by atoms with E-state index in [2.05, 4.69) is 38.7 Å². The monoisotopic (exact) mass is 530 g/mol. The third kappa shape index (κ3) is 6.33. The average molecular weight is 531 g/mol. The summed E-state index contributed by atoms with van der Waals surface area (Å²) in [6, 6.07) is 7.03. The smallest absolute Gasteiger partial charge is 0.252 e. The van der Waals surface area contributed by atoms with Crippen LogP contribution >= 0.6 is 35.6 Å². The molecule has 1 fully saturated rings. The predicted molar refractivity (Wildman–Crippen MR) is 127 cm³/mol. The first kappa shape index (κ1) is 23.5. The highest BCUT2D eigenvalue weighted by Crippen LogP contribution is 2.26. The summed E-state index contributed by atoms with van der Waals surface area (Å²) < 4.78 is 1.85. The van der Waals surface area contributed by atoms with Crippen LogP contribution in [0.25, 0.3) is 0 Å². The lowest BCUT2D eigenvalue weighted by atomic mass is 10.0. The topological polar surface area (TPSA) is 74.6 Å². The number of nitrogens with one attached hydrogen (secondary N) is 2. The van der Waals surface area contributed by atoms with Gasteiger partial charge in [-0.05, 0) is 31.0 Å². The number of aromatic nitrogens is 2. The Balaban J connectivity index is 0.00000300. The van der Waals surface area contributed by atoms with Gasteiger partial charge in [0.25, 0.3) is 5.91 Å². The second-order valence-electron chi connectivity index (χ2n) is 6.85. The number of halogens is 2. The number of carbonyl (C=O) groups excluding carboxylic acids is 1. The summed E-state index contributed by atoms with van der Waals surface area (Å²) in [5.41, 5.74) is 1.76. The van der Waals surface area contributed by atoms with E-state index in [1.807, 2.05) is 17.9 Å². The van der Waals surface area contributed by atoms with Crippen LogP contribution in [0.3, 0.4) is 0 Å². The molecule has 3 rings (SSSR count). The minimum absolute atomic E-state index is 0. The SMILES string of the molecule is CCNC(=NCCNC(=O)c1ccccc1Cl)N1CCC(c2cnn(C)c2)C1.I. The van der Waals surface area contributed by atoms with Gasteiger partial charge in [-0.15, -0.1) is 24.0 Å². The number of rotatable bonds is 6. The second-order valence-corrected chi connectivity index (χ2v) is 7.26. The van der Waals surface area contributed by atoms with Gasteiger partial charge >= 0.3 is 0 Å². The van der Waals surface area contributed by atoms with Gasteiger partial charge in [0.1, 0.15) is 0 Å². The van der Waals surface area contributed by atoms with Gasteiger partial charge < -0.3 is 15.5 Å². The zero-order chi connectivity index (χ0) is 19.9. The van der Waals surface area contributed by atoms with Gasteiger partial charge in [0.2, 0.25) is 0 Å². The molecule has 1 atom stereocenters. The number of hydrogen-bond donors (Lipinski definition) is 2. The Morgan fingerprint density at radius 2 is 2.14 bits per heavy atom. The third-order valence-electron chi connectivity index (χ3n) is 4.80. The van der Waals surface area contributed by atoms with E-state index in [1.54, 1.807) is 24.3 Å². The lowest BCUT2D eigenvalue weighted by Gasteiger charge is -2.21. The molecule has 2 aromatic rings. The lowest BCUT2D eigenvalue weighted by Crippen LogP contribution is -2.40. The average Bonchev–Trinajstić information content (AvgIpc) is 3.33. The van der Waals surface area contributed by atoms with E-state index >= 15 is 0 Å². The first-order valence-corrected chi connectivity index (χ1v) is 10.0. The van der Waals surface area contributed by atoms with Gasteiger partial charge in [0.15, 0.2) is 5.96 Å². The largest absolute Gasteiger partial charge is 0.357 e. The van der Waals surface area contributed by atoms with Crippen LogP contribution in [0.4, 0.5) is 0 Å². The molecule has 0 saturated carbocycles. The molecule has 0 spiro atoms. The molecule has 1 aromatic heterocycles. The van der Waals surface area contributed by atoms with E-state index in [-0.39, 0.29) is 29.9 Å². The number of benzene rings is 1. The molecular weight excluding hydrogens is 503 g/mol. The minimum atomic E-state index is -0.177. The predicted octanol–water partition coefficient (Wildman–Crippen LogP) is 2.88. The molecule has 9 heteroatoms. The fourth-order valence-electron chi connectivity index (χ4n) is 3.37. The Morgan fingerprint density at radius 3 is 2.83 bits per heavy atom. The van der Waals surface area contributed by atoms with Crippen molar-refractivity contribution in [2.24, 2.45) is 12.0 Å². The van der Waals surface area contributed by atoms with Crippen LogP contribution < -0.4 is 10.6 Å². The summed E-state index contributed by atoms with van der Waals surface area (Å²) in [4.78, 5) is 19.2. The van der Waals surface area contributed by atoms with Crippen molar-refractivity contribution in [1.82, 2.24) is 25.3 Å². The Kier molecular flexibility index (Phi) is 9.22. The van der Waals surface area contributed by atoms with Gasteiger partial charge in [0.05, 0.1) is 23.3 Å². The number of nitrogens with zero attached hydrogens (tertiary/aromatic N) is 4.